The van der Waals surface area contributed by atoms with Gasteiger partial charge in [0.05, 0.1) is 7.11 Å². The minimum Gasteiger partial charge on any atom is -0.504 e. The number of ether oxygens (including phenoxy) is 1. The molecule has 3 nitrogen and oxygen atoms in total. The van der Waals surface area contributed by atoms with Crippen molar-refractivity contribution in [2.24, 2.45) is 4.99 Å². The highest BCUT2D eigenvalue weighted by Gasteiger charge is 2.00. The summed E-state index contributed by atoms with van der Waals surface area (Å²) in [6.45, 7) is 2.98. The third kappa shape index (κ3) is 3.62. The molecule has 0 saturated heterocycles. The Labute approximate surface area is 90.4 Å². The van der Waals surface area contributed by atoms with E-state index in [2.05, 4.69) is 11.9 Å². The van der Waals surface area contributed by atoms with Crippen molar-refractivity contribution in [3.63, 3.8) is 0 Å². The van der Waals surface area contributed by atoms with Crippen molar-refractivity contribution < 1.29 is 9.84 Å². The topological polar surface area (TPSA) is 41.8 Å². The average molecular weight is 207 g/mol. The van der Waals surface area contributed by atoms with Crippen LogP contribution < -0.4 is 4.74 Å². The molecule has 1 rings (SSSR count). The summed E-state index contributed by atoms with van der Waals surface area (Å²) in [5.74, 6) is 0.637. The molecule has 0 aromatic heterocycles. The fraction of sp³-hybridized carbons (Fsp3) is 0.417. The Bertz CT molecular complexity index is 334. The number of hydrogen-bond acceptors (Lipinski definition) is 3. The van der Waals surface area contributed by atoms with E-state index in [-0.39, 0.29) is 5.75 Å². The molecule has 82 valence electrons. The van der Waals surface area contributed by atoms with Crippen LogP contribution in [0.15, 0.2) is 23.2 Å². The molecule has 0 saturated carbocycles. The Hall–Kier alpha value is -1.51. The van der Waals surface area contributed by atoms with Gasteiger partial charge in [0.1, 0.15) is 0 Å². The van der Waals surface area contributed by atoms with Crippen LogP contribution >= 0.6 is 0 Å². The number of phenols is 1. The second-order valence-corrected chi connectivity index (χ2v) is 3.32. The van der Waals surface area contributed by atoms with Gasteiger partial charge in [0.25, 0.3) is 0 Å². The van der Waals surface area contributed by atoms with Gasteiger partial charge in [-0.1, -0.05) is 13.3 Å². The molecule has 0 unspecified atom stereocenters. The molecule has 3 heteroatoms. The van der Waals surface area contributed by atoms with Gasteiger partial charge in [-0.3, -0.25) is 4.99 Å². The SMILES string of the molecule is CCCCN=Cc1ccc(O)c(OC)c1. The molecule has 1 N–H and O–H groups in total. The fourth-order valence-corrected chi connectivity index (χ4v) is 1.19. The van der Waals surface area contributed by atoms with E-state index in [1.807, 2.05) is 6.07 Å². The first-order valence-electron chi connectivity index (χ1n) is 5.14. The zero-order valence-electron chi connectivity index (χ0n) is 9.23. The fourth-order valence-electron chi connectivity index (χ4n) is 1.19. The number of phenolic OH excluding ortho intramolecular Hbond substituents is 1. The number of aromatic hydroxyl groups is 1. The number of benzene rings is 1. The molecule has 0 fully saturated rings. The van der Waals surface area contributed by atoms with Crippen molar-refractivity contribution in [1.29, 1.82) is 0 Å². The second kappa shape index (κ2) is 6.06. The molecule has 0 heterocycles. The van der Waals surface area contributed by atoms with Crippen LogP contribution in [0.2, 0.25) is 0 Å². The van der Waals surface area contributed by atoms with Crippen molar-refractivity contribution >= 4 is 6.21 Å². The average Bonchev–Trinajstić information content (AvgIpc) is 2.26. The quantitative estimate of drug-likeness (QED) is 0.595. The lowest BCUT2D eigenvalue weighted by Gasteiger charge is -2.03. The number of methoxy groups -OCH3 is 1. The first-order valence-corrected chi connectivity index (χ1v) is 5.14. The van der Waals surface area contributed by atoms with E-state index >= 15 is 0 Å². The summed E-state index contributed by atoms with van der Waals surface area (Å²) in [6, 6.07) is 5.19. The molecular formula is C12H17NO2. The number of nitrogens with zero attached hydrogens (tertiary/aromatic N) is 1. The monoisotopic (exact) mass is 207 g/mol. The summed E-state index contributed by atoms with van der Waals surface area (Å²) >= 11 is 0. The van der Waals surface area contributed by atoms with Gasteiger partial charge in [-0.2, -0.15) is 0 Å². The molecule has 0 amide bonds. The molecule has 0 aliphatic carbocycles. The Balaban J connectivity index is 2.65. The number of hydrogen-bond donors (Lipinski definition) is 1. The van der Waals surface area contributed by atoms with E-state index in [0.29, 0.717) is 5.75 Å². The molecule has 0 aliphatic rings. The molecule has 15 heavy (non-hydrogen) atoms. The van der Waals surface area contributed by atoms with Crippen LogP contribution in [0.25, 0.3) is 0 Å². The first-order chi connectivity index (χ1) is 7.27. The van der Waals surface area contributed by atoms with E-state index in [1.54, 1.807) is 18.3 Å². The van der Waals surface area contributed by atoms with Crippen molar-refractivity contribution in [1.82, 2.24) is 0 Å². The minimum atomic E-state index is 0.156. The summed E-state index contributed by atoms with van der Waals surface area (Å²) in [5, 5.41) is 9.38. The standard InChI is InChI=1S/C12H17NO2/c1-3-4-7-13-9-10-5-6-11(14)12(8-10)15-2/h5-6,8-9,14H,3-4,7H2,1-2H3. The van der Waals surface area contributed by atoms with E-state index < -0.39 is 0 Å². The van der Waals surface area contributed by atoms with Gasteiger partial charge in [-0.15, -0.1) is 0 Å². The highest BCUT2D eigenvalue weighted by atomic mass is 16.5. The highest BCUT2D eigenvalue weighted by Crippen LogP contribution is 2.25. The van der Waals surface area contributed by atoms with Crippen molar-refractivity contribution in [2.45, 2.75) is 19.8 Å². The van der Waals surface area contributed by atoms with Crippen molar-refractivity contribution in [3.05, 3.63) is 23.8 Å². The van der Waals surface area contributed by atoms with Gasteiger partial charge in [-0.05, 0) is 30.2 Å². The summed E-state index contributed by atoms with van der Waals surface area (Å²) < 4.78 is 5.00. The van der Waals surface area contributed by atoms with Crippen LogP contribution in [0.4, 0.5) is 0 Å². The lowest BCUT2D eigenvalue weighted by Crippen LogP contribution is -1.88. The van der Waals surface area contributed by atoms with Crippen LogP contribution in [-0.4, -0.2) is 25.0 Å². The number of unbranched alkanes of at least 4 members (excludes halogenated alkanes) is 1. The predicted octanol–water partition coefficient (Wildman–Crippen LogP) is 2.62. The third-order valence-corrected chi connectivity index (χ3v) is 2.08. The van der Waals surface area contributed by atoms with E-state index in [9.17, 15) is 5.11 Å². The zero-order valence-corrected chi connectivity index (χ0v) is 9.23. The molecular weight excluding hydrogens is 190 g/mol. The summed E-state index contributed by atoms with van der Waals surface area (Å²) in [7, 11) is 1.53. The Kier molecular flexibility index (Phi) is 4.68. The van der Waals surface area contributed by atoms with Gasteiger partial charge < -0.3 is 9.84 Å². The summed E-state index contributed by atoms with van der Waals surface area (Å²) in [5.41, 5.74) is 0.945. The maximum atomic E-state index is 9.38. The van der Waals surface area contributed by atoms with Crippen LogP contribution in [0.1, 0.15) is 25.3 Å². The van der Waals surface area contributed by atoms with E-state index in [0.717, 1.165) is 24.9 Å². The summed E-state index contributed by atoms with van der Waals surface area (Å²) in [6.07, 6.45) is 4.06. The number of rotatable bonds is 5. The van der Waals surface area contributed by atoms with Gasteiger partial charge in [0, 0.05) is 12.8 Å². The second-order valence-electron chi connectivity index (χ2n) is 3.32. The van der Waals surface area contributed by atoms with E-state index in [1.165, 1.54) is 7.11 Å². The molecule has 1 aromatic rings. The van der Waals surface area contributed by atoms with Crippen LogP contribution in [0, 0.1) is 0 Å². The normalized spacial score (nSPS) is 10.8. The van der Waals surface area contributed by atoms with Crippen LogP contribution in [0.5, 0.6) is 11.5 Å². The zero-order chi connectivity index (χ0) is 11.1. The van der Waals surface area contributed by atoms with Crippen molar-refractivity contribution in [2.75, 3.05) is 13.7 Å². The molecule has 0 spiro atoms. The highest BCUT2D eigenvalue weighted by molar-refractivity contribution is 5.80. The van der Waals surface area contributed by atoms with Gasteiger partial charge in [0.15, 0.2) is 11.5 Å². The van der Waals surface area contributed by atoms with Crippen molar-refractivity contribution in [3.8, 4) is 11.5 Å². The van der Waals surface area contributed by atoms with Crippen LogP contribution in [0.3, 0.4) is 0 Å². The molecule has 0 radical (unpaired) electrons. The maximum absolute atomic E-state index is 9.38. The Morgan fingerprint density at radius 3 is 2.93 bits per heavy atom. The van der Waals surface area contributed by atoms with Gasteiger partial charge >= 0.3 is 0 Å². The summed E-state index contributed by atoms with van der Waals surface area (Å²) in [4.78, 5) is 4.27. The van der Waals surface area contributed by atoms with Gasteiger partial charge in [0.2, 0.25) is 0 Å². The maximum Gasteiger partial charge on any atom is 0.161 e. The number of aliphatic imine (C=N–C) groups is 1. The van der Waals surface area contributed by atoms with E-state index in [4.69, 9.17) is 4.74 Å². The molecule has 1 aromatic carbocycles. The Morgan fingerprint density at radius 2 is 2.27 bits per heavy atom. The molecule has 0 bridgehead atoms. The van der Waals surface area contributed by atoms with Crippen LogP contribution in [-0.2, 0) is 0 Å². The largest absolute Gasteiger partial charge is 0.504 e. The first kappa shape index (κ1) is 11.6. The third-order valence-electron chi connectivity index (χ3n) is 2.08. The molecule has 0 atom stereocenters. The minimum absolute atomic E-state index is 0.156. The van der Waals surface area contributed by atoms with Gasteiger partial charge in [-0.25, -0.2) is 0 Å². The smallest absolute Gasteiger partial charge is 0.161 e. The molecule has 0 aliphatic heterocycles. The Morgan fingerprint density at radius 1 is 1.47 bits per heavy atom. The lowest BCUT2D eigenvalue weighted by atomic mass is 10.2. The predicted molar refractivity (Wildman–Crippen MR) is 62.0 cm³/mol. The lowest BCUT2D eigenvalue weighted by molar-refractivity contribution is 0.373.